The second kappa shape index (κ2) is 6.41. The standard InChI is InChI=1S/C17H15N3OS/c18-14-11-15(13-6-8-19-9-7-13)22-17(14)20-16(21)10-12-4-2-1-3-5-12/h1-9,11H,10,18H2,(H,20,21). The summed E-state index contributed by atoms with van der Waals surface area (Å²) < 4.78 is 0. The molecule has 0 fully saturated rings. The molecule has 5 heteroatoms. The summed E-state index contributed by atoms with van der Waals surface area (Å²) in [6, 6.07) is 15.3. The summed E-state index contributed by atoms with van der Waals surface area (Å²) in [5.74, 6) is -0.0685. The number of nitrogens with zero attached hydrogens (tertiary/aromatic N) is 1. The van der Waals surface area contributed by atoms with Gasteiger partial charge in [0.15, 0.2) is 0 Å². The van der Waals surface area contributed by atoms with Gasteiger partial charge >= 0.3 is 0 Å². The first-order chi connectivity index (χ1) is 10.7. The SMILES string of the molecule is Nc1cc(-c2ccncc2)sc1NC(=O)Cc1ccccc1. The van der Waals surface area contributed by atoms with Gasteiger partial charge in [0.1, 0.15) is 5.00 Å². The van der Waals surface area contributed by atoms with Crippen LogP contribution in [-0.2, 0) is 11.2 Å². The number of pyridine rings is 1. The van der Waals surface area contributed by atoms with Gasteiger partial charge in [0.25, 0.3) is 0 Å². The third-order valence-electron chi connectivity index (χ3n) is 3.19. The summed E-state index contributed by atoms with van der Waals surface area (Å²) >= 11 is 1.47. The van der Waals surface area contributed by atoms with E-state index in [1.54, 1.807) is 12.4 Å². The van der Waals surface area contributed by atoms with Gasteiger partial charge in [-0.3, -0.25) is 9.78 Å². The minimum Gasteiger partial charge on any atom is -0.396 e. The summed E-state index contributed by atoms with van der Waals surface area (Å²) in [5, 5.41) is 3.58. The second-order valence-electron chi connectivity index (χ2n) is 4.84. The van der Waals surface area contributed by atoms with Gasteiger partial charge in [-0.25, -0.2) is 0 Å². The Morgan fingerprint density at radius 3 is 2.59 bits per heavy atom. The molecule has 0 spiro atoms. The Hall–Kier alpha value is -2.66. The first kappa shape index (κ1) is 14.3. The van der Waals surface area contributed by atoms with Crippen LogP contribution in [0.3, 0.4) is 0 Å². The van der Waals surface area contributed by atoms with Gasteiger partial charge in [-0.1, -0.05) is 30.3 Å². The molecule has 3 N–H and O–H groups in total. The fourth-order valence-corrected chi connectivity index (χ4v) is 3.11. The van der Waals surface area contributed by atoms with Crippen LogP contribution in [0.1, 0.15) is 5.56 Å². The van der Waals surface area contributed by atoms with E-state index >= 15 is 0 Å². The number of aromatic nitrogens is 1. The molecule has 0 aliphatic heterocycles. The van der Waals surface area contributed by atoms with Crippen molar-refractivity contribution < 1.29 is 4.79 Å². The van der Waals surface area contributed by atoms with Crippen LogP contribution in [0.25, 0.3) is 10.4 Å². The van der Waals surface area contributed by atoms with Crippen LogP contribution in [0.2, 0.25) is 0 Å². The molecule has 3 rings (SSSR count). The number of hydrogen-bond acceptors (Lipinski definition) is 4. The van der Waals surface area contributed by atoms with Crippen molar-refractivity contribution in [1.29, 1.82) is 0 Å². The van der Waals surface area contributed by atoms with E-state index in [0.29, 0.717) is 17.1 Å². The molecule has 0 saturated heterocycles. The zero-order chi connectivity index (χ0) is 15.4. The van der Waals surface area contributed by atoms with E-state index in [2.05, 4.69) is 10.3 Å². The summed E-state index contributed by atoms with van der Waals surface area (Å²) in [7, 11) is 0. The van der Waals surface area contributed by atoms with Crippen molar-refractivity contribution in [1.82, 2.24) is 4.98 Å². The Labute approximate surface area is 132 Å². The molecular formula is C17H15N3OS. The number of rotatable bonds is 4. The summed E-state index contributed by atoms with van der Waals surface area (Å²) in [5.41, 5.74) is 8.60. The third kappa shape index (κ3) is 3.32. The van der Waals surface area contributed by atoms with Crippen molar-refractivity contribution in [2.45, 2.75) is 6.42 Å². The Bertz CT molecular complexity index is 769. The highest BCUT2D eigenvalue weighted by Crippen LogP contribution is 2.36. The molecule has 0 bridgehead atoms. The maximum Gasteiger partial charge on any atom is 0.229 e. The molecule has 0 unspecified atom stereocenters. The van der Waals surface area contributed by atoms with Gasteiger partial charge < -0.3 is 11.1 Å². The largest absolute Gasteiger partial charge is 0.396 e. The van der Waals surface area contributed by atoms with Crippen LogP contribution in [0.5, 0.6) is 0 Å². The van der Waals surface area contributed by atoms with Crippen LogP contribution in [0.4, 0.5) is 10.7 Å². The fraction of sp³-hybridized carbons (Fsp3) is 0.0588. The molecule has 2 heterocycles. The number of hydrogen-bond donors (Lipinski definition) is 2. The Morgan fingerprint density at radius 1 is 1.14 bits per heavy atom. The minimum atomic E-state index is -0.0685. The first-order valence-corrected chi connectivity index (χ1v) is 7.67. The van der Waals surface area contributed by atoms with Gasteiger partial charge in [-0.05, 0) is 29.3 Å². The topological polar surface area (TPSA) is 68.0 Å². The number of nitrogen functional groups attached to an aromatic ring is 1. The fourth-order valence-electron chi connectivity index (χ4n) is 2.11. The molecule has 0 radical (unpaired) electrons. The molecule has 2 aromatic heterocycles. The molecular weight excluding hydrogens is 294 g/mol. The molecule has 110 valence electrons. The highest BCUT2D eigenvalue weighted by molar-refractivity contribution is 7.20. The summed E-state index contributed by atoms with van der Waals surface area (Å²) in [6.07, 6.45) is 3.81. The van der Waals surface area contributed by atoms with Crippen LogP contribution >= 0.6 is 11.3 Å². The number of nitrogens with two attached hydrogens (primary N) is 1. The van der Waals surface area contributed by atoms with Crippen molar-refractivity contribution >= 4 is 27.9 Å². The molecule has 1 aromatic carbocycles. The number of amides is 1. The predicted octanol–water partition coefficient (Wildman–Crippen LogP) is 3.57. The lowest BCUT2D eigenvalue weighted by Gasteiger charge is -2.03. The maximum absolute atomic E-state index is 12.1. The molecule has 0 aliphatic rings. The molecule has 0 atom stereocenters. The van der Waals surface area contributed by atoms with E-state index in [1.165, 1.54) is 11.3 Å². The van der Waals surface area contributed by atoms with Gasteiger partial charge in [-0.15, -0.1) is 11.3 Å². The van der Waals surface area contributed by atoms with E-state index in [4.69, 9.17) is 5.73 Å². The second-order valence-corrected chi connectivity index (χ2v) is 5.89. The number of carbonyl (C=O) groups excluding carboxylic acids is 1. The van der Waals surface area contributed by atoms with Crippen LogP contribution in [0.15, 0.2) is 60.9 Å². The molecule has 1 amide bonds. The normalized spacial score (nSPS) is 10.4. The van der Waals surface area contributed by atoms with E-state index in [1.807, 2.05) is 48.5 Å². The number of carbonyl (C=O) groups is 1. The van der Waals surface area contributed by atoms with Crippen LogP contribution in [0, 0.1) is 0 Å². The molecule has 4 nitrogen and oxygen atoms in total. The number of anilines is 2. The van der Waals surface area contributed by atoms with Gasteiger partial charge in [-0.2, -0.15) is 0 Å². The monoisotopic (exact) mass is 309 g/mol. The molecule has 3 aromatic rings. The smallest absolute Gasteiger partial charge is 0.229 e. The molecule has 0 aliphatic carbocycles. The Kier molecular flexibility index (Phi) is 4.16. The number of nitrogens with one attached hydrogen (secondary N) is 1. The van der Waals surface area contributed by atoms with Gasteiger partial charge in [0.2, 0.25) is 5.91 Å². The quantitative estimate of drug-likeness (QED) is 0.774. The van der Waals surface area contributed by atoms with E-state index in [9.17, 15) is 4.79 Å². The lowest BCUT2D eigenvalue weighted by atomic mass is 10.1. The van der Waals surface area contributed by atoms with Crippen LogP contribution in [-0.4, -0.2) is 10.9 Å². The van der Waals surface area contributed by atoms with Crippen molar-refractivity contribution in [3.8, 4) is 10.4 Å². The Morgan fingerprint density at radius 2 is 1.86 bits per heavy atom. The highest BCUT2D eigenvalue weighted by Gasteiger charge is 2.11. The maximum atomic E-state index is 12.1. The van der Waals surface area contributed by atoms with Crippen molar-refractivity contribution in [2.24, 2.45) is 0 Å². The third-order valence-corrected chi connectivity index (χ3v) is 4.30. The average Bonchev–Trinajstić information content (AvgIpc) is 2.90. The molecule has 22 heavy (non-hydrogen) atoms. The Balaban J connectivity index is 1.73. The summed E-state index contributed by atoms with van der Waals surface area (Å²) in [4.78, 5) is 17.1. The summed E-state index contributed by atoms with van der Waals surface area (Å²) in [6.45, 7) is 0. The lowest BCUT2D eigenvalue weighted by Crippen LogP contribution is -2.14. The van der Waals surface area contributed by atoms with Gasteiger partial charge in [0.05, 0.1) is 12.1 Å². The number of thiophene rings is 1. The van der Waals surface area contributed by atoms with Gasteiger partial charge in [0, 0.05) is 17.3 Å². The van der Waals surface area contributed by atoms with Crippen molar-refractivity contribution in [3.63, 3.8) is 0 Å². The first-order valence-electron chi connectivity index (χ1n) is 6.86. The zero-order valence-corrected chi connectivity index (χ0v) is 12.6. The highest BCUT2D eigenvalue weighted by atomic mass is 32.1. The van der Waals surface area contributed by atoms with E-state index in [-0.39, 0.29) is 5.91 Å². The van der Waals surface area contributed by atoms with Crippen LogP contribution < -0.4 is 11.1 Å². The number of benzene rings is 1. The zero-order valence-electron chi connectivity index (χ0n) is 11.8. The van der Waals surface area contributed by atoms with Crippen molar-refractivity contribution in [3.05, 3.63) is 66.5 Å². The van der Waals surface area contributed by atoms with E-state index in [0.717, 1.165) is 16.0 Å². The average molecular weight is 309 g/mol. The minimum absolute atomic E-state index is 0.0685. The molecule has 0 saturated carbocycles. The predicted molar refractivity (Wildman–Crippen MR) is 90.7 cm³/mol. The lowest BCUT2D eigenvalue weighted by molar-refractivity contribution is -0.115. The van der Waals surface area contributed by atoms with E-state index < -0.39 is 0 Å². The van der Waals surface area contributed by atoms with Crippen molar-refractivity contribution in [2.75, 3.05) is 11.1 Å².